The number of benzene rings is 4. The molecule has 156 valence electrons. The molecule has 1 atom stereocenters. The summed E-state index contributed by atoms with van der Waals surface area (Å²) in [6.07, 6.45) is 0. The van der Waals surface area contributed by atoms with Gasteiger partial charge in [-0.05, 0) is 33.4 Å². The molecule has 32 heavy (non-hydrogen) atoms. The van der Waals surface area contributed by atoms with E-state index in [1.807, 2.05) is 91.0 Å². The molecule has 4 nitrogen and oxygen atoms in total. The van der Waals surface area contributed by atoms with E-state index >= 15 is 0 Å². The third kappa shape index (κ3) is 3.36. The lowest BCUT2D eigenvalue weighted by molar-refractivity contribution is -0.254. The molecule has 0 fully saturated rings. The molecule has 1 aliphatic carbocycles. The SMILES string of the molecule is O=C([O-])c1cccc2c1-c1ccccc1[C@@H]2NC(=O)C(c1ccccc1)c1ccccc1. The monoisotopic (exact) mass is 418 g/mol. The number of carboxylic acid groups (broad SMARTS) is 1. The normalized spacial score (nSPS) is 14.0. The lowest BCUT2D eigenvalue weighted by Crippen LogP contribution is -2.33. The Kier molecular flexibility index (Phi) is 5.04. The minimum atomic E-state index is -1.23. The van der Waals surface area contributed by atoms with Gasteiger partial charge in [0.15, 0.2) is 0 Å². The van der Waals surface area contributed by atoms with Gasteiger partial charge in [-0.1, -0.05) is 103 Å². The molecule has 5 rings (SSSR count). The summed E-state index contributed by atoms with van der Waals surface area (Å²) in [4.78, 5) is 25.5. The number of carbonyl (C=O) groups is 2. The lowest BCUT2D eigenvalue weighted by atomic mass is 9.90. The maximum absolute atomic E-state index is 13.7. The summed E-state index contributed by atoms with van der Waals surface area (Å²) >= 11 is 0. The number of carbonyl (C=O) groups excluding carboxylic acids is 2. The van der Waals surface area contributed by atoms with Crippen LogP contribution in [0, 0.1) is 0 Å². The van der Waals surface area contributed by atoms with Gasteiger partial charge in [-0.2, -0.15) is 0 Å². The van der Waals surface area contributed by atoms with Gasteiger partial charge in [-0.3, -0.25) is 4.79 Å². The van der Waals surface area contributed by atoms with Gasteiger partial charge in [-0.15, -0.1) is 0 Å². The Balaban J connectivity index is 1.58. The average Bonchev–Trinajstić information content (AvgIpc) is 3.14. The fraction of sp³-hybridized carbons (Fsp3) is 0.0714. The second-order valence-corrected chi connectivity index (χ2v) is 7.84. The van der Waals surface area contributed by atoms with Crippen molar-refractivity contribution in [2.24, 2.45) is 0 Å². The summed E-state index contributed by atoms with van der Waals surface area (Å²) in [5, 5.41) is 15.0. The third-order valence-corrected chi connectivity index (χ3v) is 5.98. The van der Waals surface area contributed by atoms with Crippen LogP contribution >= 0.6 is 0 Å². The van der Waals surface area contributed by atoms with E-state index < -0.39 is 17.9 Å². The largest absolute Gasteiger partial charge is 0.545 e. The van der Waals surface area contributed by atoms with Crippen LogP contribution in [0.15, 0.2) is 103 Å². The molecule has 0 heterocycles. The van der Waals surface area contributed by atoms with E-state index in [-0.39, 0.29) is 11.5 Å². The van der Waals surface area contributed by atoms with Crippen molar-refractivity contribution < 1.29 is 14.7 Å². The van der Waals surface area contributed by atoms with Crippen molar-refractivity contribution in [3.63, 3.8) is 0 Å². The summed E-state index contributed by atoms with van der Waals surface area (Å²) in [7, 11) is 0. The second-order valence-electron chi connectivity index (χ2n) is 7.84. The molecule has 0 radical (unpaired) electrons. The Morgan fingerprint density at radius 2 is 1.25 bits per heavy atom. The molecule has 0 aliphatic heterocycles. The molecule has 0 saturated heterocycles. The van der Waals surface area contributed by atoms with E-state index in [1.54, 1.807) is 12.1 Å². The molecule has 0 aromatic heterocycles. The molecular weight excluding hydrogens is 398 g/mol. The number of aromatic carboxylic acids is 1. The average molecular weight is 418 g/mol. The molecule has 1 N–H and O–H groups in total. The molecule has 1 aliphatic rings. The first-order chi connectivity index (χ1) is 15.6. The molecule has 0 saturated carbocycles. The fourth-order valence-electron chi connectivity index (χ4n) is 4.59. The van der Waals surface area contributed by atoms with Crippen LogP contribution in [0.1, 0.15) is 44.6 Å². The van der Waals surface area contributed by atoms with Crippen LogP contribution in [0.3, 0.4) is 0 Å². The quantitative estimate of drug-likeness (QED) is 0.531. The third-order valence-electron chi connectivity index (χ3n) is 5.98. The summed E-state index contributed by atoms with van der Waals surface area (Å²) < 4.78 is 0. The van der Waals surface area contributed by atoms with Crippen molar-refractivity contribution in [3.05, 3.63) is 131 Å². The minimum absolute atomic E-state index is 0.134. The maximum atomic E-state index is 13.7. The van der Waals surface area contributed by atoms with E-state index in [9.17, 15) is 14.7 Å². The summed E-state index contributed by atoms with van der Waals surface area (Å²) in [5.74, 6) is -1.86. The van der Waals surface area contributed by atoms with Gasteiger partial charge in [0.25, 0.3) is 0 Å². The molecule has 0 unspecified atom stereocenters. The zero-order chi connectivity index (χ0) is 22.1. The van der Waals surface area contributed by atoms with Crippen LogP contribution in [-0.4, -0.2) is 11.9 Å². The number of rotatable bonds is 5. The molecule has 0 bridgehead atoms. The topological polar surface area (TPSA) is 69.2 Å². The van der Waals surface area contributed by atoms with Crippen LogP contribution in [0.4, 0.5) is 0 Å². The number of fused-ring (bicyclic) bond motifs is 3. The molecular formula is C28H20NO3-. The van der Waals surface area contributed by atoms with Crippen LogP contribution in [-0.2, 0) is 4.79 Å². The first-order valence-electron chi connectivity index (χ1n) is 10.5. The van der Waals surface area contributed by atoms with Crippen LogP contribution in [0.2, 0.25) is 0 Å². The van der Waals surface area contributed by atoms with Gasteiger partial charge in [0, 0.05) is 5.56 Å². The number of hydrogen-bond donors (Lipinski definition) is 1. The zero-order valence-electron chi connectivity index (χ0n) is 17.2. The Morgan fingerprint density at radius 3 is 1.88 bits per heavy atom. The van der Waals surface area contributed by atoms with Gasteiger partial charge < -0.3 is 15.2 Å². The van der Waals surface area contributed by atoms with Crippen molar-refractivity contribution in [2.75, 3.05) is 0 Å². The van der Waals surface area contributed by atoms with Gasteiger partial charge in [0.1, 0.15) is 0 Å². The lowest BCUT2D eigenvalue weighted by Gasteiger charge is -2.22. The van der Waals surface area contributed by atoms with Gasteiger partial charge in [0.2, 0.25) is 5.91 Å². The van der Waals surface area contributed by atoms with Gasteiger partial charge in [-0.25, -0.2) is 0 Å². The van der Waals surface area contributed by atoms with E-state index in [1.165, 1.54) is 0 Å². The Morgan fingerprint density at radius 1 is 0.688 bits per heavy atom. The van der Waals surface area contributed by atoms with E-state index in [0.717, 1.165) is 27.8 Å². The Hall–Kier alpha value is -4.18. The van der Waals surface area contributed by atoms with E-state index in [0.29, 0.717) is 5.56 Å². The Bertz CT molecular complexity index is 1260. The smallest absolute Gasteiger partial charge is 0.232 e. The minimum Gasteiger partial charge on any atom is -0.545 e. The predicted octanol–water partition coefficient (Wildman–Crippen LogP) is 4.07. The van der Waals surface area contributed by atoms with Crippen LogP contribution in [0.25, 0.3) is 11.1 Å². The van der Waals surface area contributed by atoms with E-state index in [2.05, 4.69) is 5.32 Å². The number of amides is 1. The van der Waals surface area contributed by atoms with Gasteiger partial charge >= 0.3 is 0 Å². The first-order valence-corrected chi connectivity index (χ1v) is 10.5. The molecule has 4 aromatic rings. The van der Waals surface area contributed by atoms with Crippen molar-refractivity contribution in [1.29, 1.82) is 0 Å². The Labute approximate surface area is 186 Å². The highest BCUT2D eigenvalue weighted by Gasteiger charge is 2.33. The number of hydrogen-bond acceptors (Lipinski definition) is 3. The van der Waals surface area contributed by atoms with Crippen molar-refractivity contribution in [3.8, 4) is 11.1 Å². The standard InChI is InChI=1S/C28H21NO3/c30-27(24(18-10-3-1-4-11-18)19-12-5-2-6-13-19)29-26-21-15-8-7-14-20(21)25-22(26)16-9-17-23(25)28(31)32/h1-17,24,26H,(H,29,30)(H,31,32)/p-1/t26-/m0/s1. The molecule has 4 aromatic carbocycles. The van der Waals surface area contributed by atoms with Gasteiger partial charge in [0.05, 0.1) is 17.9 Å². The van der Waals surface area contributed by atoms with E-state index in [4.69, 9.17) is 0 Å². The first kappa shape index (κ1) is 19.8. The zero-order valence-corrected chi connectivity index (χ0v) is 17.2. The van der Waals surface area contributed by atoms with Crippen molar-refractivity contribution >= 4 is 11.9 Å². The highest BCUT2D eigenvalue weighted by Crippen LogP contribution is 2.45. The number of nitrogens with one attached hydrogen (secondary N) is 1. The summed E-state index contributed by atoms with van der Waals surface area (Å²) in [6, 6.07) is 31.6. The van der Waals surface area contributed by atoms with Crippen molar-refractivity contribution in [2.45, 2.75) is 12.0 Å². The molecule has 0 spiro atoms. The van der Waals surface area contributed by atoms with Crippen molar-refractivity contribution in [1.82, 2.24) is 5.32 Å². The summed E-state index contributed by atoms with van der Waals surface area (Å²) in [6.45, 7) is 0. The predicted molar refractivity (Wildman–Crippen MR) is 121 cm³/mol. The molecule has 1 amide bonds. The fourth-order valence-corrected chi connectivity index (χ4v) is 4.59. The van der Waals surface area contributed by atoms with Crippen LogP contribution in [0.5, 0.6) is 0 Å². The maximum Gasteiger partial charge on any atom is 0.232 e. The molecule has 4 heteroatoms. The summed E-state index contributed by atoms with van der Waals surface area (Å²) in [5.41, 5.74) is 4.99. The number of carboxylic acids is 1. The second kappa shape index (κ2) is 8.16. The highest BCUT2D eigenvalue weighted by atomic mass is 16.4. The van der Waals surface area contributed by atoms with Crippen LogP contribution < -0.4 is 10.4 Å². The highest BCUT2D eigenvalue weighted by molar-refractivity contribution is 5.99.